The predicted molar refractivity (Wildman–Crippen MR) is 103 cm³/mol. The second kappa shape index (κ2) is 9.50. The molecule has 1 N–H and O–H groups in total. The number of hydrogen-bond acceptors (Lipinski definition) is 2. The molecule has 0 saturated heterocycles. The highest BCUT2D eigenvalue weighted by molar-refractivity contribution is 5.72. The zero-order chi connectivity index (χ0) is 23.6. The number of benzene rings is 3. The van der Waals surface area contributed by atoms with Crippen molar-refractivity contribution in [3.8, 4) is 22.6 Å². The maximum absolute atomic E-state index is 15.1. The Morgan fingerprint density at radius 2 is 1.44 bits per heavy atom. The molecule has 0 aliphatic rings. The highest BCUT2D eigenvalue weighted by Crippen LogP contribution is 2.37. The van der Waals surface area contributed by atoms with Crippen LogP contribution in [-0.2, 0) is 19.3 Å². The number of rotatable bonds is 7. The Kier molecular flexibility index (Phi) is 6.96. The Morgan fingerprint density at radius 3 is 2.00 bits per heavy atom. The van der Waals surface area contributed by atoms with Crippen LogP contribution < -0.4 is 4.74 Å². The Bertz CT molecular complexity index is 1120. The molecule has 2 nitrogen and oxygen atoms in total. The smallest absolute Gasteiger partial charge is 0.387 e. The lowest BCUT2D eigenvalue weighted by Crippen LogP contribution is -2.07. The van der Waals surface area contributed by atoms with Gasteiger partial charge < -0.3 is 9.84 Å². The van der Waals surface area contributed by atoms with Gasteiger partial charge >= 0.3 is 6.61 Å². The number of aromatic hydroxyl groups is 1. The highest BCUT2D eigenvalue weighted by Gasteiger charge is 2.23. The first-order chi connectivity index (χ1) is 15.1. The lowest BCUT2D eigenvalue weighted by molar-refractivity contribution is -0.0546. The topological polar surface area (TPSA) is 29.5 Å². The first kappa shape index (κ1) is 23.4. The van der Waals surface area contributed by atoms with Crippen molar-refractivity contribution in [1.82, 2.24) is 0 Å². The quantitative estimate of drug-likeness (QED) is 0.399. The van der Waals surface area contributed by atoms with Crippen LogP contribution in [0.4, 0.5) is 30.7 Å². The third-order valence-corrected chi connectivity index (χ3v) is 4.93. The molecular formula is C23H17F7O2. The van der Waals surface area contributed by atoms with Crippen molar-refractivity contribution in [2.45, 2.75) is 32.8 Å². The number of aryl methyl sites for hydroxylation is 2. The fraction of sp³-hybridized carbons (Fsp3) is 0.217. The second-order valence-corrected chi connectivity index (χ2v) is 6.98. The fourth-order valence-electron chi connectivity index (χ4n) is 3.34. The number of ether oxygens (including phenoxy) is 1. The summed E-state index contributed by atoms with van der Waals surface area (Å²) in [6, 6.07) is 6.02. The summed E-state index contributed by atoms with van der Waals surface area (Å²) in [4.78, 5) is 0. The molecule has 0 fully saturated rings. The van der Waals surface area contributed by atoms with E-state index in [-0.39, 0.29) is 17.5 Å². The van der Waals surface area contributed by atoms with E-state index >= 15 is 4.39 Å². The van der Waals surface area contributed by atoms with E-state index in [1.165, 1.54) is 18.2 Å². The van der Waals surface area contributed by atoms with Crippen molar-refractivity contribution in [3.05, 3.63) is 82.2 Å². The third kappa shape index (κ3) is 4.81. The van der Waals surface area contributed by atoms with Crippen LogP contribution >= 0.6 is 0 Å². The standard InChI is InChI=1S/C23H17F7O2/c1-2-11-3-5-13(15(24)7-11)20-19(31)10-16(25)14(21(20)28)6-4-12-8-17(26)22(18(27)9-12)32-23(29)30/h3,5,7-10,23,31H,2,4,6H2,1H3. The molecule has 0 unspecified atom stereocenters. The zero-order valence-electron chi connectivity index (χ0n) is 16.7. The van der Waals surface area contributed by atoms with Crippen LogP contribution in [0.25, 0.3) is 11.1 Å². The summed E-state index contributed by atoms with van der Waals surface area (Å²) in [6.07, 6.45) is -0.166. The van der Waals surface area contributed by atoms with Gasteiger partial charge in [-0.25, -0.2) is 22.0 Å². The van der Waals surface area contributed by atoms with E-state index in [0.29, 0.717) is 30.2 Å². The largest absolute Gasteiger partial charge is 0.507 e. The number of phenols is 1. The van der Waals surface area contributed by atoms with Crippen molar-refractivity contribution in [2.24, 2.45) is 0 Å². The van der Waals surface area contributed by atoms with Crippen LogP contribution in [0.2, 0.25) is 0 Å². The molecule has 3 aromatic carbocycles. The molecule has 0 spiro atoms. The molecule has 3 rings (SSSR count). The van der Waals surface area contributed by atoms with E-state index in [1.807, 2.05) is 0 Å². The van der Waals surface area contributed by atoms with E-state index in [0.717, 1.165) is 0 Å². The summed E-state index contributed by atoms with van der Waals surface area (Å²) < 4.78 is 99.9. The van der Waals surface area contributed by atoms with Gasteiger partial charge in [0.1, 0.15) is 23.2 Å². The third-order valence-electron chi connectivity index (χ3n) is 4.93. The van der Waals surface area contributed by atoms with E-state index in [9.17, 15) is 31.4 Å². The van der Waals surface area contributed by atoms with Gasteiger partial charge in [-0.2, -0.15) is 8.78 Å². The summed E-state index contributed by atoms with van der Waals surface area (Å²) in [6.45, 7) is -1.64. The van der Waals surface area contributed by atoms with Gasteiger partial charge in [-0.1, -0.05) is 19.1 Å². The van der Waals surface area contributed by atoms with Crippen LogP contribution in [-0.4, -0.2) is 11.7 Å². The number of alkyl halides is 2. The minimum Gasteiger partial charge on any atom is -0.507 e. The molecule has 0 bridgehead atoms. The van der Waals surface area contributed by atoms with Gasteiger partial charge in [0.05, 0.1) is 5.56 Å². The van der Waals surface area contributed by atoms with Crippen molar-refractivity contribution < 1.29 is 40.6 Å². The molecule has 0 saturated carbocycles. The van der Waals surface area contributed by atoms with Crippen LogP contribution in [0.1, 0.15) is 23.6 Å². The molecule has 32 heavy (non-hydrogen) atoms. The molecular weight excluding hydrogens is 441 g/mol. The van der Waals surface area contributed by atoms with E-state index < -0.39 is 64.7 Å². The average Bonchev–Trinajstić information content (AvgIpc) is 2.71. The van der Waals surface area contributed by atoms with Gasteiger partial charge in [0.15, 0.2) is 17.4 Å². The summed E-state index contributed by atoms with van der Waals surface area (Å²) in [5.74, 6) is -8.03. The van der Waals surface area contributed by atoms with Crippen molar-refractivity contribution in [3.63, 3.8) is 0 Å². The van der Waals surface area contributed by atoms with Crippen molar-refractivity contribution >= 4 is 0 Å². The lowest BCUT2D eigenvalue weighted by atomic mass is 9.95. The number of halogens is 7. The normalized spacial score (nSPS) is 11.3. The minimum atomic E-state index is -3.43. The molecule has 0 amide bonds. The van der Waals surface area contributed by atoms with Gasteiger partial charge in [0.2, 0.25) is 0 Å². The molecule has 170 valence electrons. The zero-order valence-corrected chi connectivity index (χ0v) is 16.7. The average molecular weight is 458 g/mol. The van der Waals surface area contributed by atoms with Crippen LogP contribution in [0.5, 0.6) is 11.5 Å². The van der Waals surface area contributed by atoms with Gasteiger partial charge in [0, 0.05) is 17.2 Å². The number of hydrogen-bond donors (Lipinski definition) is 1. The first-order valence-electron chi connectivity index (χ1n) is 9.53. The van der Waals surface area contributed by atoms with Gasteiger partial charge in [-0.05, 0) is 48.6 Å². The van der Waals surface area contributed by atoms with E-state index in [1.54, 1.807) is 6.92 Å². The second-order valence-electron chi connectivity index (χ2n) is 6.98. The first-order valence-corrected chi connectivity index (χ1v) is 9.53. The fourth-order valence-corrected chi connectivity index (χ4v) is 3.34. The SMILES string of the molecule is CCc1ccc(-c2c(O)cc(F)c(CCc3cc(F)c(OC(F)F)c(F)c3)c2F)c(F)c1. The maximum atomic E-state index is 15.1. The Balaban J connectivity index is 1.94. The summed E-state index contributed by atoms with van der Waals surface area (Å²) in [7, 11) is 0. The van der Waals surface area contributed by atoms with Gasteiger partial charge in [-0.3, -0.25) is 0 Å². The lowest BCUT2D eigenvalue weighted by Gasteiger charge is -2.14. The summed E-state index contributed by atoms with van der Waals surface area (Å²) in [5.41, 5.74) is -0.792. The van der Waals surface area contributed by atoms with Crippen molar-refractivity contribution in [1.29, 1.82) is 0 Å². The van der Waals surface area contributed by atoms with Gasteiger partial charge in [0.25, 0.3) is 0 Å². The highest BCUT2D eigenvalue weighted by atomic mass is 19.3. The van der Waals surface area contributed by atoms with E-state index in [4.69, 9.17) is 0 Å². The number of phenolic OH excluding ortho intramolecular Hbond substituents is 1. The summed E-state index contributed by atoms with van der Waals surface area (Å²) >= 11 is 0. The predicted octanol–water partition coefficient (Wildman–Crippen LogP) is 6.70. The Labute approximate surface area is 178 Å². The van der Waals surface area contributed by atoms with Crippen LogP contribution in [0, 0.1) is 29.1 Å². The Morgan fingerprint density at radius 1 is 0.812 bits per heavy atom. The molecule has 3 aromatic rings. The maximum Gasteiger partial charge on any atom is 0.387 e. The molecule has 0 aliphatic carbocycles. The van der Waals surface area contributed by atoms with Crippen LogP contribution in [0.3, 0.4) is 0 Å². The molecule has 0 atom stereocenters. The molecule has 0 heterocycles. The monoisotopic (exact) mass is 458 g/mol. The van der Waals surface area contributed by atoms with Crippen LogP contribution in [0.15, 0.2) is 36.4 Å². The Hall–Kier alpha value is -3.23. The van der Waals surface area contributed by atoms with E-state index in [2.05, 4.69) is 4.74 Å². The van der Waals surface area contributed by atoms with Crippen molar-refractivity contribution in [2.75, 3.05) is 0 Å². The minimum absolute atomic E-state index is 0.0754. The molecule has 0 aliphatic heterocycles. The van der Waals surface area contributed by atoms with Gasteiger partial charge in [-0.15, -0.1) is 0 Å². The molecule has 9 heteroatoms. The summed E-state index contributed by atoms with van der Waals surface area (Å²) in [5, 5.41) is 10.0. The molecule has 0 radical (unpaired) electrons. The molecule has 0 aromatic heterocycles.